The van der Waals surface area contributed by atoms with Gasteiger partial charge < -0.3 is 9.47 Å². The van der Waals surface area contributed by atoms with Crippen LogP contribution in [0.15, 0.2) is 78.2 Å². The van der Waals surface area contributed by atoms with Gasteiger partial charge in [-0.25, -0.2) is 10.4 Å². The number of ether oxygens (including phenoxy) is 2. The highest BCUT2D eigenvalue weighted by Crippen LogP contribution is 2.27. The zero-order chi connectivity index (χ0) is 21.6. The number of hydrogen-bond donors (Lipinski definition) is 1. The summed E-state index contributed by atoms with van der Waals surface area (Å²) in [7, 11) is 3.14. The minimum atomic E-state index is -0.333. The summed E-state index contributed by atoms with van der Waals surface area (Å²) in [5.41, 5.74) is 6.06. The number of aromatic nitrogens is 2. The first-order chi connectivity index (χ1) is 15.2. The van der Waals surface area contributed by atoms with Crippen LogP contribution in [0.1, 0.15) is 15.9 Å². The molecule has 0 aliphatic rings. The zero-order valence-corrected chi connectivity index (χ0v) is 17.1. The first-order valence-corrected chi connectivity index (χ1v) is 9.55. The van der Waals surface area contributed by atoms with E-state index in [4.69, 9.17) is 9.47 Å². The van der Waals surface area contributed by atoms with E-state index in [0.717, 1.165) is 22.0 Å². The van der Waals surface area contributed by atoms with Crippen molar-refractivity contribution in [3.8, 4) is 22.8 Å². The Hall–Kier alpha value is -4.26. The Morgan fingerprint density at radius 3 is 2.61 bits per heavy atom. The van der Waals surface area contributed by atoms with Crippen LogP contribution in [-0.2, 0) is 0 Å². The van der Waals surface area contributed by atoms with Gasteiger partial charge in [-0.15, -0.1) is 0 Å². The molecule has 7 heteroatoms. The van der Waals surface area contributed by atoms with Gasteiger partial charge in [0.25, 0.3) is 5.91 Å². The average Bonchev–Trinajstić information content (AvgIpc) is 2.83. The van der Waals surface area contributed by atoms with Crippen molar-refractivity contribution in [1.29, 1.82) is 0 Å². The molecule has 0 unspecified atom stereocenters. The number of carbonyl (C=O) groups is 1. The highest BCUT2D eigenvalue weighted by Gasteiger charge is 2.13. The molecule has 1 N–H and O–H groups in total. The summed E-state index contributed by atoms with van der Waals surface area (Å²) in [4.78, 5) is 21.8. The normalized spacial score (nSPS) is 10.9. The summed E-state index contributed by atoms with van der Waals surface area (Å²) in [6, 6.07) is 18.4. The van der Waals surface area contributed by atoms with Crippen LogP contribution in [0.2, 0.25) is 0 Å². The molecule has 0 radical (unpaired) electrons. The van der Waals surface area contributed by atoms with Crippen molar-refractivity contribution in [2.75, 3.05) is 14.2 Å². The standard InChI is InChI=1S/C24H20N4O3/c1-30-22-10-9-16(12-23(22)31-2)14-26-28-24(29)19-13-21(17-6-5-11-25-15-17)27-20-8-4-3-7-18(19)20/h3-15H,1-2H3,(H,28,29). The van der Waals surface area contributed by atoms with Gasteiger partial charge in [-0.3, -0.25) is 9.78 Å². The molecule has 2 heterocycles. The van der Waals surface area contributed by atoms with E-state index in [9.17, 15) is 4.79 Å². The van der Waals surface area contributed by atoms with E-state index >= 15 is 0 Å². The van der Waals surface area contributed by atoms with Crippen LogP contribution >= 0.6 is 0 Å². The molecule has 1 amide bonds. The Bertz CT molecular complexity index is 1260. The zero-order valence-electron chi connectivity index (χ0n) is 17.1. The first kappa shape index (κ1) is 20.0. The van der Waals surface area contributed by atoms with E-state index in [1.165, 1.54) is 0 Å². The quantitative estimate of drug-likeness (QED) is 0.381. The van der Waals surface area contributed by atoms with Crippen LogP contribution < -0.4 is 14.9 Å². The number of hydrazone groups is 1. The molecule has 7 nitrogen and oxygen atoms in total. The van der Waals surface area contributed by atoms with Crippen molar-refractivity contribution >= 4 is 23.0 Å². The van der Waals surface area contributed by atoms with Gasteiger partial charge in [0, 0.05) is 23.3 Å². The molecule has 0 saturated heterocycles. The molecular weight excluding hydrogens is 392 g/mol. The molecule has 0 atom stereocenters. The summed E-state index contributed by atoms with van der Waals surface area (Å²) >= 11 is 0. The second-order valence-electron chi connectivity index (χ2n) is 6.63. The molecule has 0 spiro atoms. The van der Waals surface area contributed by atoms with Gasteiger partial charge >= 0.3 is 0 Å². The van der Waals surface area contributed by atoms with Crippen LogP contribution in [0.5, 0.6) is 11.5 Å². The van der Waals surface area contributed by atoms with E-state index in [2.05, 4.69) is 20.5 Å². The maximum atomic E-state index is 12.9. The van der Waals surface area contributed by atoms with Gasteiger partial charge in [-0.1, -0.05) is 18.2 Å². The average molecular weight is 412 g/mol. The van der Waals surface area contributed by atoms with Gasteiger partial charge in [0.2, 0.25) is 0 Å². The molecule has 0 aliphatic carbocycles. The molecule has 2 aromatic heterocycles. The maximum Gasteiger partial charge on any atom is 0.272 e. The predicted octanol–water partition coefficient (Wildman–Crippen LogP) is 4.08. The van der Waals surface area contributed by atoms with E-state index in [1.807, 2.05) is 42.5 Å². The van der Waals surface area contributed by atoms with Crippen molar-refractivity contribution in [3.05, 3.63) is 84.2 Å². The Kier molecular flexibility index (Phi) is 5.84. The topological polar surface area (TPSA) is 85.7 Å². The van der Waals surface area contributed by atoms with Crippen LogP contribution in [0.4, 0.5) is 0 Å². The van der Waals surface area contributed by atoms with Crippen molar-refractivity contribution in [2.24, 2.45) is 5.10 Å². The highest BCUT2D eigenvalue weighted by molar-refractivity contribution is 6.07. The molecule has 154 valence electrons. The molecule has 0 aliphatic heterocycles. The number of methoxy groups -OCH3 is 2. The third-order valence-corrected chi connectivity index (χ3v) is 4.71. The summed E-state index contributed by atoms with van der Waals surface area (Å²) in [6.07, 6.45) is 4.96. The summed E-state index contributed by atoms with van der Waals surface area (Å²) in [5.74, 6) is 0.870. The van der Waals surface area contributed by atoms with Gasteiger partial charge in [0.1, 0.15) is 0 Å². The molecular formula is C24H20N4O3. The van der Waals surface area contributed by atoms with Crippen molar-refractivity contribution < 1.29 is 14.3 Å². The lowest BCUT2D eigenvalue weighted by Crippen LogP contribution is -2.18. The van der Waals surface area contributed by atoms with Crippen LogP contribution in [-0.4, -0.2) is 36.3 Å². The minimum Gasteiger partial charge on any atom is -0.493 e. The van der Waals surface area contributed by atoms with Gasteiger partial charge in [0.05, 0.1) is 37.2 Å². The second kappa shape index (κ2) is 9.04. The predicted molar refractivity (Wildman–Crippen MR) is 120 cm³/mol. The number of benzene rings is 2. The Morgan fingerprint density at radius 1 is 1.00 bits per heavy atom. The molecule has 2 aromatic carbocycles. The Labute approximate surface area is 179 Å². The van der Waals surface area contributed by atoms with E-state index in [0.29, 0.717) is 22.8 Å². The third kappa shape index (κ3) is 4.35. The number of carbonyl (C=O) groups excluding carboxylic acids is 1. The summed E-state index contributed by atoms with van der Waals surface area (Å²) in [5, 5.41) is 4.85. The monoisotopic (exact) mass is 412 g/mol. The van der Waals surface area contributed by atoms with E-state index < -0.39 is 0 Å². The lowest BCUT2D eigenvalue weighted by Gasteiger charge is -2.09. The number of rotatable bonds is 6. The Balaban J connectivity index is 1.62. The van der Waals surface area contributed by atoms with Crippen molar-refractivity contribution in [1.82, 2.24) is 15.4 Å². The lowest BCUT2D eigenvalue weighted by atomic mass is 10.0. The molecule has 0 fully saturated rings. The smallest absolute Gasteiger partial charge is 0.272 e. The number of fused-ring (bicyclic) bond motifs is 1. The number of pyridine rings is 2. The molecule has 4 aromatic rings. The largest absolute Gasteiger partial charge is 0.493 e. The van der Waals surface area contributed by atoms with Crippen LogP contribution in [0, 0.1) is 0 Å². The second-order valence-corrected chi connectivity index (χ2v) is 6.63. The lowest BCUT2D eigenvalue weighted by molar-refractivity contribution is 0.0956. The van der Waals surface area contributed by atoms with Crippen LogP contribution in [0.25, 0.3) is 22.2 Å². The van der Waals surface area contributed by atoms with Crippen molar-refractivity contribution in [2.45, 2.75) is 0 Å². The van der Waals surface area contributed by atoms with Crippen LogP contribution in [0.3, 0.4) is 0 Å². The number of nitrogens with zero attached hydrogens (tertiary/aromatic N) is 3. The fraction of sp³-hybridized carbons (Fsp3) is 0.0833. The van der Waals surface area contributed by atoms with E-state index in [1.54, 1.807) is 51.0 Å². The van der Waals surface area contributed by atoms with Gasteiger partial charge in [0.15, 0.2) is 11.5 Å². The highest BCUT2D eigenvalue weighted by atomic mass is 16.5. The maximum absolute atomic E-state index is 12.9. The van der Waals surface area contributed by atoms with Gasteiger partial charge in [-0.2, -0.15) is 5.10 Å². The number of amides is 1. The third-order valence-electron chi connectivity index (χ3n) is 4.71. The molecule has 31 heavy (non-hydrogen) atoms. The number of nitrogens with one attached hydrogen (secondary N) is 1. The number of hydrogen-bond acceptors (Lipinski definition) is 6. The van der Waals surface area contributed by atoms with Crippen molar-refractivity contribution in [3.63, 3.8) is 0 Å². The fourth-order valence-electron chi connectivity index (χ4n) is 3.18. The van der Waals surface area contributed by atoms with E-state index in [-0.39, 0.29) is 5.91 Å². The van der Waals surface area contributed by atoms with Gasteiger partial charge in [-0.05, 0) is 48.0 Å². The summed E-state index contributed by atoms with van der Waals surface area (Å²) < 4.78 is 10.5. The molecule has 0 saturated carbocycles. The minimum absolute atomic E-state index is 0.333. The number of para-hydroxylation sites is 1. The SMILES string of the molecule is COc1ccc(C=NNC(=O)c2cc(-c3cccnc3)nc3ccccc23)cc1OC. The Morgan fingerprint density at radius 2 is 1.84 bits per heavy atom. The summed E-state index contributed by atoms with van der Waals surface area (Å²) in [6.45, 7) is 0. The molecule has 0 bridgehead atoms. The molecule has 4 rings (SSSR count). The first-order valence-electron chi connectivity index (χ1n) is 9.55. The fourth-order valence-corrected chi connectivity index (χ4v) is 3.18.